The Morgan fingerprint density at radius 3 is 2.56 bits per heavy atom. The first-order chi connectivity index (χ1) is 12.1. The van der Waals surface area contributed by atoms with Gasteiger partial charge in [-0.15, -0.1) is 0 Å². The van der Waals surface area contributed by atoms with Crippen LogP contribution in [0.3, 0.4) is 0 Å². The van der Waals surface area contributed by atoms with Crippen molar-refractivity contribution in [2.24, 2.45) is 5.92 Å². The van der Waals surface area contributed by atoms with Gasteiger partial charge < -0.3 is 10.2 Å². The molecule has 1 aromatic rings. The van der Waals surface area contributed by atoms with Crippen molar-refractivity contribution in [2.45, 2.75) is 89.1 Å². The van der Waals surface area contributed by atoms with Crippen LogP contribution in [0.2, 0.25) is 0 Å². The zero-order valence-electron chi connectivity index (χ0n) is 15.5. The summed E-state index contributed by atoms with van der Waals surface area (Å²) in [5.41, 5.74) is 0.0715. The normalized spacial score (nSPS) is 26.2. The molecular formula is C19H30N4OS. The second-order valence-corrected chi connectivity index (χ2v) is 9.11. The fraction of sp³-hybridized carbons (Fsp3) is 0.842. The predicted octanol–water partition coefficient (Wildman–Crippen LogP) is 3.86. The van der Waals surface area contributed by atoms with Crippen LogP contribution in [0.15, 0.2) is 0 Å². The third kappa shape index (κ3) is 3.07. The van der Waals surface area contributed by atoms with Crippen molar-refractivity contribution in [3.63, 3.8) is 0 Å². The predicted molar refractivity (Wildman–Crippen MR) is 101 cm³/mol. The maximum absolute atomic E-state index is 12.7. The minimum atomic E-state index is 0.0715. The number of rotatable bonds is 4. The molecule has 1 saturated heterocycles. The van der Waals surface area contributed by atoms with Gasteiger partial charge >= 0.3 is 0 Å². The van der Waals surface area contributed by atoms with E-state index in [0.29, 0.717) is 11.8 Å². The quantitative estimate of drug-likeness (QED) is 0.883. The number of nitrogens with one attached hydrogen (secondary N) is 1. The zero-order chi connectivity index (χ0) is 17.4. The Hall–Kier alpha value is -1.17. The molecule has 1 N–H and O–H groups in total. The first kappa shape index (κ1) is 17.3. The molecule has 1 spiro atoms. The van der Waals surface area contributed by atoms with Crippen molar-refractivity contribution in [3.8, 4) is 0 Å². The van der Waals surface area contributed by atoms with E-state index in [1.54, 1.807) is 0 Å². The molecule has 138 valence electrons. The summed E-state index contributed by atoms with van der Waals surface area (Å²) >= 11 is 1.53. The van der Waals surface area contributed by atoms with E-state index in [1.165, 1.54) is 50.1 Å². The van der Waals surface area contributed by atoms with Crippen LogP contribution in [0.1, 0.15) is 83.4 Å². The lowest BCUT2D eigenvalue weighted by atomic mass is 9.88. The summed E-state index contributed by atoms with van der Waals surface area (Å²) in [7, 11) is 0. The number of anilines is 1. The molecule has 3 aliphatic rings. The van der Waals surface area contributed by atoms with Crippen molar-refractivity contribution in [1.29, 1.82) is 0 Å². The van der Waals surface area contributed by atoms with Gasteiger partial charge in [0, 0.05) is 29.9 Å². The number of carbonyl (C=O) groups excluding carboxylic acids is 1. The SMILES string of the molecule is CC(C)c1nsc(N2CCC(NC(=O)C3CCCC3)C23CCCC3)n1. The van der Waals surface area contributed by atoms with Gasteiger partial charge in [0.15, 0.2) is 0 Å². The van der Waals surface area contributed by atoms with Gasteiger partial charge in [-0.05, 0) is 32.1 Å². The lowest BCUT2D eigenvalue weighted by Crippen LogP contribution is -2.55. The molecule has 1 atom stereocenters. The molecule has 1 aromatic heterocycles. The topological polar surface area (TPSA) is 58.1 Å². The van der Waals surface area contributed by atoms with Crippen molar-refractivity contribution in [1.82, 2.24) is 14.7 Å². The Kier molecular flexibility index (Phi) is 4.73. The largest absolute Gasteiger partial charge is 0.351 e. The highest BCUT2D eigenvalue weighted by atomic mass is 32.1. The van der Waals surface area contributed by atoms with Gasteiger partial charge in [0.05, 0.1) is 11.6 Å². The monoisotopic (exact) mass is 362 g/mol. The molecule has 0 aromatic carbocycles. The lowest BCUT2D eigenvalue weighted by Gasteiger charge is -2.39. The summed E-state index contributed by atoms with van der Waals surface area (Å²) in [5, 5.41) is 4.52. The third-order valence-corrected chi connectivity index (χ3v) is 7.27. The summed E-state index contributed by atoms with van der Waals surface area (Å²) in [6, 6.07) is 0.273. The summed E-state index contributed by atoms with van der Waals surface area (Å²) in [6.45, 7) is 5.28. The highest BCUT2D eigenvalue weighted by Crippen LogP contribution is 2.46. The van der Waals surface area contributed by atoms with E-state index >= 15 is 0 Å². The number of aromatic nitrogens is 2. The standard InChI is InChI=1S/C19H30N4OS/c1-13(2)16-21-18(25-22-16)23-12-9-15(19(23)10-5-6-11-19)20-17(24)14-7-3-4-8-14/h13-15H,3-12H2,1-2H3,(H,20,24). The van der Waals surface area contributed by atoms with Gasteiger partial charge in [0.25, 0.3) is 0 Å². The number of amides is 1. The highest BCUT2D eigenvalue weighted by molar-refractivity contribution is 7.09. The average molecular weight is 363 g/mol. The van der Waals surface area contributed by atoms with E-state index in [1.807, 2.05) is 0 Å². The molecule has 1 unspecified atom stereocenters. The molecule has 2 aliphatic carbocycles. The highest BCUT2D eigenvalue weighted by Gasteiger charge is 2.52. The van der Waals surface area contributed by atoms with Crippen LogP contribution in [0, 0.1) is 5.92 Å². The summed E-state index contributed by atoms with van der Waals surface area (Å²) < 4.78 is 4.57. The van der Waals surface area contributed by atoms with E-state index in [9.17, 15) is 4.79 Å². The first-order valence-corrected chi connectivity index (χ1v) is 10.8. The van der Waals surface area contributed by atoms with Crippen molar-refractivity contribution in [2.75, 3.05) is 11.4 Å². The Morgan fingerprint density at radius 2 is 1.92 bits per heavy atom. The lowest BCUT2D eigenvalue weighted by molar-refractivity contribution is -0.125. The van der Waals surface area contributed by atoms with Gasteiger partial charge in [-0.1, -0.05) is 39.5 Å². The molecule has 0 radical (unpaired) electrons. The van der Waals surface area contributed by atoms with E-state index in [-0.39, 0.29) is 17.5 Å². The van der Waals surface area contributed by atoms with E-state index in [4.69, 9.17) is 4.98 Å². The fourth-order valence-electron chi connectivity index (χ4n) is 5.08. The molecular weight excluding hydrogens is 332 g/mol. The van der Waals surface area contributed by atoms with Crippen LogP contribution in [0.25, 0.3) is 0 Å². The molecule has 2 saturated carbocycles. The van der Waals surface area contributed by atoms with E-state index in [0.717, 1.165) is 36.8 Å². The second-order valence-electron chi connectivity index (χ2n) is 8.38. The molecule has 5 nitrogen and oxygen atoms in total. The molecule has 3 fully saturated rings. The molecule has 6 heteroatoms. The van der Waals surface area contributed by atoms with Gasteiger partial charge in [-0.25, -0.2) is 4.98 Å². The van der Waals surface area contributed by atoms with Crippen LogP contribution >= 0.6 is 11.5 Å². The zero-order valence-corrected chi connectivity index (χ0v) is 16.3. The Balaban J connectivity index is 1.54. The maximum atomic E-state index is 12.7. The smallest absolute Gasteiger partial charge is 0.223 e. The summed E-state index contributed by atoms with van der Waals surface area (Å²) in [4.78, 5) is 20.0. The maximum Gasteiger partial charge on any atom is 0.223 e. The van der Waals surface area contributed by atoms with Crippen LogP contribution in [-0.2, 0) is 4.79 Å². The first-order valence-electron chi connectivity index (χ1n) is 10.0. The number of hydrogen-bond acceptors (Lipinski definition) is 5. The van der Waals surface area contributed by atoms with Gasteiger partial charge in [-0.2, -0.15) is 4.37 Å². The minimum Gasteiger partial charge on any atom is -0.351 e. The van der Waals surface area contributed by atoms with Crippen LogP contribution in [0.4, 0.5) is 5.13 Å². The molecule has 1 aliphatic heterocycles. The molecule has 25 heavy (non-hydrogen) atoms. The Bertz CT molecular complexity index is 617. The van der Waals surface area contributed by atoms with Gasteiger partial charge in [0.1, 0.15) is 5.82 Å². The van der Waals surface area contributed by atoms with Crippen molar-refractivity contribution < 1.29 is 4.79 Å². The van der Waals surface area contributed by atoms with Gasteiger partial charge in [0.2, 0.25) is 11.0 Å². The second kappa shape index (κ2) is 6.86. The molecule has 2 heterocycles. The Labute approximate surface area is 154 Å². The summed E-state index contributed by atoms with van der Waals surface area (Å²) in [6.07, 6.45) is 10.4. The van der Waals surface area contributed by atoms with E-state index < -0.39 is 0 Å². The van der Waals surface area contributed by atoms with Crippen LogP contribution < -0.4 is 10.2 Å². The molecule has 4 rings (SSSR count). The number of nitrogens with zero attached hydrogens (tertiary/aromatic N) is 3. The third-order valence-electron chi connectivity index (χ3n) is 6.52. The van der Waals surface area contributed by atoms with Crippen molar-refractivity contribution in [3.05, 3.63) is 5.82 Å². The number of hydrogen-bond donors (Lipinski definition) is 1. The average Bonchev–Trinajstić information content (AvgIpc) is 3.37. The molecule has 1 amide bonds. The number of carbonyl (C=O) groups is 1. The van der Waals surface area contributed by atoms with Crippen LogP contribution in [-0.4, -0.2) is 33.4 Å². The van der Waals surface area contributed by atoms with Crippen LogP contribution in [0.5, 0.6) is 0 Å². The fourth-order valence-corrected chi connectivity index (χ4v) is 6.02. The van der Waals surface area contributed by atoms with Gasteiger partial charge in [-0.3, -0.25) is 4.79 Å². The minimum absolute atomic E-state index is 0.0715. The molecule has 0 bridgehead atoms. The Morgan fingerprint density at radius 1 is 1.20 bits per heavy atom. The summed E-state index contributed by atoms with van der Waals surface area (Å²) in [5.74, 6) is 1.87. The van der Waals surface area contributed by atoms with E-state index in [2.05, 4.69) is 28.4 Å². The van der Waals surface area contributed by atoms with Crippen molar-refractivity contribution >= 4 is 22.6 Å².